The molecule has 1 aromatic carbocycles. The van der Waals surface area contributed by atoms with Crippen molar-refractivity contribution in [1.82, 2.24) is 10.3 Å². The molecule has 1 aliphatic rings. The molecule has 2 aromatic rings. The van der Waals surface area contributed by atoms with Gasteiger partial charge in [0.05, 0.1) is 12.2 Å². The molecule has 0 radical (unpaired) electrons. The molecule has 1 saturated carbocycles. The summed E-state index contributed by atoms with van der Waals surface area (Å²) in [5.41, 5.74) is 1.92. The molecule has 1 fully saturated rings. The second-order valence-electron chi connectivity index (χ2n) is 5.63. The molecule has 3 rings (SSSR count). The van der Waals surface area contributed by atoms with Crippen molar-refractivity contribution >= 4 is 5.91 Å². The van der Waals surface area contributed by atoms with Crippen molar-refractivity contribution in [3.05, 3.63) is 48.0 Å². The third kappa shape index (κ3) is 2.83. The molecular weight excluding hydrogens is 271 g/mol. The molecular formula is C16H17FN2O2. The first-order valence-corrected chi connectivity index (χ1v) is 6.95. The Morgan fingerprint density at radius 2 is 2.00 bits per heavy atom. The summed E-state index contributed by atoms with van der Waals surface area (Å²) in [5, 5.41) is 12.1. The van der Waals surface area contributed by atoms with Crippen molar-refractivity contribution in [2.75, 3.05) is 13.2 Å². The number of aliphatic hydroxyl groups is 1. The first kappa shape index (κ1) is 13.8. The number of nitrogens with one attached hydrogen (secondary N) is 2. The van der Waals surface area contributed by atoms with E-state index in [-0.39, 0.29) is 23.7 Å². The number of hydrogen-bond acceptors (Lipinski definition) is 2. The average Bonchev–Trinajstić information content (AvgIpc) is 3.12. The van der Waals surface area contributed by atoms with Crippen molar-refractivity contribution < 1.29 is 14.3 Å². The Morgan fingerprint density at radius 1 is 1.29 bits per heavy atom. The highest BCUT2D eigenvalue weighted by molar-refractivity contribution is 6.00. The Bertz CT molecular complexity index is 645. The Labute approximate surface area is 122 Å². The Hall–Kier alpha value is -2.14. The summed E-state index contributed by atoms with van der Waals surface area (Å²) in [7, 11) is 0. The van der Waals surface area contributed by atoms with Gasteiger partial charge in [0.1, 0.15) is 5.82 Å². The van der Waals surface area contributed by atoms with Crippen LogP contribution >= 0.6 is 0 Å². The SMILES string of the molecule is O=C(NCC1(CO)CC1)c1c[nH]cc1-c1ccc(F)cc1. The maximum atomic E-state index is 13.0. The van der Waals surface area contributed by atoms with Crippen LogP contribution in [-0.2, 0) is 0 Å². The van der Waals surface area contributed by atoms with Crippen molar-refractivity contribution in [3.63, 3.8) is 0 Å². The lowest BCUT2D eigenvalue weighted by Gasteiger charge is -2.13. The lowest BCUT2D eigenvalue weighted by molar-refractivity contribution is 0.0936. The zero-order valence-corrected chi connectivity index (χ0v) is 11.5. The average molecular weight is 288 g/mol. The summed E-state index contributed by atoms with van der Waals surface area (Å²) in [4.78, 5) is 15.2. The highest BCUT2D eigenvalue weighted by Crippen LogP contribution is 2.44. The molecule has 0 spiro atoms. The molecule has 1 amide bonds. The zero-order valence-electron chi connectivity index (χ0n) is 11.5. The third-order valence-electron chi connectivity index (χ3n) is 4.06. The number of carbonyl (C=O) groups excluding carboxylic acids is 1. The van der Waals surface area contributed by atoms with Crippen molar-refractivity contribution in [2.45, 2.75) is 12.8 Å². The lowest BCUT2D eigenvalue weighted by atomic mass is 10.0. The van der Waals surface area contributed by atoms with E-state index in [1.54, 1.807) is 24.5 Å². The number of aromatic amines is 1. The maximum absolute atomic E-state index is 13.0. The van der Waals surface area contributed by atoms with Gasteiger partial charge in [0.2, 0.25) is 0 Å². The topological polar surface area (TPSA) is 65.1 Å². The largest absolute Gasteiger partial charge is 0.396 e. The molecule has 0 bridgehead atoms. The first-order valence-electron chi connectivity index (χ1n) is 6.95. The predicted molar refractivity (Wildman–Crippen MR) is 77.3 cm³/mol. The summed E-state index contributed by atoms with van der Waals surface area (Å²) in [6.45, 7) is 0.585. The number of amides is 1. The van der Waals surface area contributed by atoms with Gasteiger partial charge in [-0.05, 0) is 30.5 Å². The summed E-state index contributed by atoms with van der Waals surface area (Å²) in [6.07, 6.45) is 5.25. The van der Waals surface area contributed by atoms with Gasteiger partial charge in [-0.15, -0.1) is 0 Å². The quantitative estimate of drug-likeness (QED) is 0.790. The number of benzene rings is 1. The van der Waals surface area contributed by atoms with Crippen LogP contribution in [0.5, 0.6) is 0 Å². The number of rotatable bonds is 5. The summed E-state index contributed by atoms with van der Waals surface area (Å²) in [5.74, 6) is -0.491. The van der Waals surface area contributed by atoms with Crippen LogP contribution < -0.4 is 5.32 Å². The third-order valence-corrected chi connectivity index (χ3v) is 4.06. The lowest BCUT2D eigenvalue weighted by Crippen LogP contribution is -2.31. The van der Waals surface area contributed by atoms with Gasteiger partial charge in [-0.1, -0.05) is 12.1 Å². The summed E-state index contributed by atoms with van der Waals surface area (Å²) >= 11 is 0. The molecule has 1 heterocycles. The maximum Gasteiger partial charge on any atom is 0.253 e. The molecule has 0 aliphatic heterocycles. The minimum atomic E-state index is -0.307. The fourth-order valence-corrected chi connectivity index (χ4v) is 2.35. The summed E-state index contributed by atoms with van der Waals surface area (Å²) in [6, 6.07) is 6.03. The molecule has 0 unspecified atom stereocenters. The molecule has 4 nitrogen and oxygen atoms in total. The van der Waals surface area contributed by atoms with Crippen LogP contribution in [0.15, 0.2) is 36.7 Å². The van der Waals surface area contributed by atoms with Crippen molar-refractivity contribution in [2.24, 2.45) is 5.41 Å². The minimum Gasteiger partial charge on any atom is -0.396 e. The van der Waals surface area contributed by atoms with Gasteiger partial charge < -0.3 is 15.4 Å². The second kappa shape index (κ2) is 5.33. The van der Waals surface area contributed by atoms with E-state index in [0.29, 0.717) is 12.1 Å². The zero-order chi connectivity index (χ0) is 14.9. The molecule has 21 heavy (non-hydrogen) atoms. The van der Waals surface area contributed by atoms with Gasteiger partial charge in [0, 0.05) is 29.9 Å². The second-order valence-corrected chi connectivity index (χ2v) is 5.63. The number of carbonyl (C=O) groups is 1. The van der Waals surface area contributed by atoms with Gasteiger partial charge in [-0.25, -0.2) is 4.39 Å². The minimum absolute atomic E-state index is 0.102. The van der Waals surface area contributed by atoms with Gasteiger partial charge in [-0.2, -0.15) is 0 Å². The van der Waals surface area contributed by atoms with Crippen molar-refractivity contribution in [1.29, 1.82) is 0 Å². The van der Waals surface area contributed by atoms with Gasteiger partial charge in [0.25, 0.3) is 5.91 Å². The number of H-pyrrole nitrogens is 1. The van der Waals surface area contributed by atoms with Crippen LogP contribution in [0.1, 0.15) is 23.2 Å². The Morgan fingerprint density at radius 3 is 2.62 bits per heavy atom. The van der Waals surface area contributed by atoms with E-state index in [9.17, 15) is 14.3 Å². The monoisotopic (exact) mass is 288 g/mol. The molecule has 5 heteroatoms. The van der Waals surface area contributed by atoms with Gasteiger partial charge in [0.15, 0.2) is 0 Å². The van der Waals surface area contributed by atoms with E-state index in [4.69, 9.17) is 0 Å². The van der Waals surface area contributed by atoms with Crippen LogP contribution in [0.4, 0.5) is 4.39 Å². The molecule has 1 aliphatic carbocycles. The van der Waals surface area contributed by atoms with E-state index >= 15 is 0 Å². The number of aromatic nitrogens is 1. The van der Waals surface area contributed by atoms with Crippen LogP contribution in [0, 0.1) is 11.2 Å². The van der Waals surface area contributed by atoms with E-state index in [2.05, 4.69) is 10.3 Å². The smallest absolute Gasteiger partial charge is 0.253 e. The fourth-order valence-electron chi connectivity index (χ4n) is 2.35. The van der Waals surface area contributed by atoms with E-state index in [1.807, 2.05) is 0 Å². The molecule has 1 aromatic heterocycles. The normalized spacial score (nSPS) is 15.7. The number of aliphatic hydroxyl groups excluding tert-OH is 1. The van der Waals surface area contributed by atoms with E-state index in [0.717, 1.165) is 24.0 Å². The Balaban J connectivity index is 1.75. The summed E-state index contributed by atoms with van der Waals surface area (Å²) < 4.78 is 13.0. The number of hydrogen-bond donors (Lipinski definition) is 3. The Kier molecular flexibility index (Phi) is 3.51. The van der Waals surface area contributed by atoms with Gasteiger partial charge in [-0.3, -0.25) is 4.79 Å². The standard InChI is InChI=1S/C16H17FN2O2/c17-12-3-1-11(2-4-12)13-7-18-8-14(13)15(21)19-9-16(10-20)5-6-16/h1-4,7-8,18,20H,5-6,9-10H2,(H,19,21). The van der Waals surface area contributed by atoms with Crippen LogP contribution in [0.25, 0.3) is 11.1 Å². The van der Waals surface area contributed by atoms with E-state index in [1.165, 1.54) is 12.1 Å². The van der Waals surface area contributed by atoms with Gasteiger partial charge >= 0.3 is 0 Å². The highest BCUT2D eigenvalue weighted by atomic mass is 19.1. The molecule has 0 saturated heterocycles. The van der Waals surface area contributed by atoms with Crippen LogP contribution in [0.3, 0.4) is 0 Å². The molecule has 110 valence electrons. The van der Waals surface area contributed by atoms with Crippen molar-refractivity contribution in [3.8, 4) is 11.1 Å². The highest BCUT2D eigenvalue weighted by Gasteiger charge is 2.42. The predicted octanol–water partition coefficient (Wildman–Crippen LogP) is 2.32. The number of halogens is 1. The van der Waals surface area contributed by atoms with Crippen LogP contribution in [0.2, 0.25) is 0 Å². The molecule has 3 N–H and O–H groups in total. The van der Waals surface area contributed by atoms with Crippen LogP contribution in [-0.4, -0.2) is 29.1 Å². The van der Waals surface area contributed by atoms with E-state index < -0.39 is 0 Å². The fraction of sp³-hybridized carbons (Fsp3) is 0.312. The molecule has 0 atom stereocenters. The first-order chi connectivity index (χ1) is 10.1.